The van der Waals surface area contributed by atoms with Crippen LogP contribution in [0.5, 0.6) is 28.7 Å². The van der Waals surface area contributed by atoms with Crippen LogP contribution in [0.2, 0.25) is 0 Å². The van der Waals surface area contributed by atoms with Crippen LogP contribution in [-0.4, -0.2) is 35.5 Å². The molecule has 5 nitrogen and oxygen atoms in total. The van der Waals surface area contributed by atoms with Crippen molar-refractivity contribution in [2.75, 3.05) is 35.5 Å². The summed E-state index contributed by atoms with van der Waals surface area (Å²) in [5.74, 6) is 3.38. The Labute approximate surface area is 140 Å². The van der Waals surface area contributed by atoms with E-state index in [-0.39, 0.29) is 0 Å². The molecule has 0 aliphatic rings. The summed E-state index contributed by atoms with van der Waals surface area (Å²) in [5.41, 5.74) is 0. The van der Waals surface area contributed by atoms with Gasteiger partial charge in [-0.3, -0.25) is 0 Å². The lowest BCUT2D eigenvalue weighted by molar-refractivity contribution is 0.353. The Kier molecular flexibility index (Phi) is 4.25. The Morgan fingerprint density at radius 1 is 0.583 bits per heavy atom. The van der Waals surface area contributed by atoms with Crippen LogP contribution in [0.1, 0.15) is 0 Å². The molecular weight excluding hydrogens is 308 g/mol. The van der Waals surface area contributed by atoms with Gasteiger partial charge in [0, 0.05) is 28.3 Å². The van der Waals surface area contributed by atoms with Crippen molar-refractivity contribution in [3.8, 4) is 28.7 Å². The molecule has 3 aromatic rings. The Bertz CT molecular complexity index is 902. The standard InChI is InChI=1S/C19H20O5/c1-20-12-8-11-6-7-13-14(21-2)10-16(23-4)19(24-5)18(13)17(11)15(9-12)22-3/h6-10H,1-5H3. The third-order valence-electron chi connectivity index (χ3n) is 4.13. The summed E-state index contributed by atoms with van der Waals surface area (Å²) >= 11 is 0. The topological polar surface area (TPSA) is 46.2 Å². The van der Waals surface area contributed by atoms with Crippen LogP contribution in [0, 0.1) is 0 Å². The fourth-order valence-electron chi connectivity index (χ4n) is 3.03. The van der Waals surface area contributed by atoms with Gasteiger partial charge in [-0.2, -0.15) is 0 Å². The van der Waals surface area contributed by atoms with Gasteiger partial charge in [0.05, 0.1) is 35.5 Å². The molecule has 0 amide bonds. The largest absolute Gasteiger partial charge is 0.497 e. The van der Waals surface area contributed by atoms with Gasteiger partial charge >= 0.3 is 0 Å². The molecule has 0 heterocycles. The molecule has 0 aliphatic carbocycles. The van der Waals surface area contributed by atoms with Gasteiger partial charge in [0.25, 0.3) is 0 Å². The maximum atomic E-state index is 5.65. The quantitative estimate of drug-likeness (QED) is 0.662. The van der Waals surface area contributed by atoms with Crippen molar-refractivity contribution in [3.63, 3.8) is 0 Å². The molecule has 0 saturated heterocycles. The molecule has 0 bridgehead atoms. The molecule has 3 aromatic carbocycles. The number of rotatable bonds is 5. The number of hydrogen-bond acceptors (Lipinski definition) is 5. The zero-order valence-corrected chi connectivity index (χ0v) is 14.4. The van der Waals surface area contributed by atoms with E-state index in [2.05, 4.69) is 0 Å². The lowest BCUT2D eigenvalue weighted by atomic mass is 9.98. The molecule has 0 atom stereocenters. The van der Waals surface area contributed by atoms with Gasteiger partial charge < -0.3 is 23.7 Å². The first kappa shape index (κ1) is 16.1. The van der Waals surface area contributed by atoms with Crippen LogP contribution in [0.25, 0.3) is 21.5 Å². The van der Waals surface area contributed by atoms with Gasteiger partial charge in [-0.25, -0.2) is 0 Å². The minimum atomic E-state index is 0.604. The van der Waals surface area contributed by atoms with Gasteiger partial charge in [-0.05, 0) is 17.5 Å². The Hall–Kier alpha value is -2.82. The Morgan fingerprint density at radius 3 is 1.88 bits per heavy atom. The predicted molar refractivity (Wildman–Crippen MR) is 94.2 cm³/mol. The van der Waals surface area contributed by atoms with Crippen LogP contribution in [0.3, 0.4) is 0 Å². The molecule has 0 spiro atoms. The van der Waals surface area contributed by atoms with Gasteiger partial charge in [0.2, 0.25) is 0 Å². The molecule has 24 heavy (non-hydrogen) atoms. The summed E-state index contributed by atoms with van der Waals surface area (Å²) in [6, 6.07) is 9.65. The molecule has 0 saturated carbocycles. The maximum absolute atomic E-state index is 5.65. The third kappa shape index (κ3) is 2.33. The number of fused-ring (bicyclic) bond motifs is 3. The number of ether oxygens (including phenoxy) is 5. The third-order valence-corrected chi connectivity index (χ3v) is 4.13. The van der Waals surface area contributed by atoms with Crippen molar-refractivity contribution in [2.24, 2.45) is 0 Å². The molecule has 0 aliphatic heterocycles. The molecule has 0 unspecified atom stereocenters. The van der Waals surface area contributed by atoms with E-state index >= 15 is 0 Å². The van der Waals surface area contributed by atoms with Crippen LogP contribution < -0.4 is 23.7 Å². The summed E-state index contributed by atoms with van der Waals surface area (Å²) in [5, 5.41) is 3.70. The Balaban J connectivity index is 2.57. The van der Waals surface area contributed by atoms with E-state index in [1.807, 2.05) is 30.3 Å². The van der Waals surface area contributed by atoms with Crippen LogP contribution in [-0.2, 0) is 0 Å². The lowest BCUT2D eigenvalue weighted by Crippen LogP contribution is -1.96. The van der Waals surface area contributed by atoms with Gasteiger partial charge in [-0.1, -0.05) is 6.07 Å². The molecule has 126 valence electrons. The van der Waals surface area contributed by atoms with Crippen molar-refractivity contribution >= 4 is 21.5 Å². The highest BCUT2D eigenvalue weighted by Crippen LogP contribution is 2.47. The van der Waals surface area contributed by atoms with Crippen molar-refractivity contribution in [2.45, 2.75) is 0 Å². The zero-order valence-electron chi connectivity index (χ0n) is 14.4. The van der Waals surface area contributed by atoms with Gasteiger partial charge in [-0.15, -0.1) is 0 Å². The van der Waals surface area contributed by atoms with E-state index in [9.17, 15) is 0 Å². The number of benzene rings is 3. The van der Waals surface area contributed by atoms with Gasteiger partial charge in [0.1, 0.15) is 17.2 Å². The second kappa shape index (κ2) is 6.35. The SMILES string of the molecule is COc1cc(OC)c2c(ccc3c(OC)cc(OC)c(OC)c32)c1. The smallest absolute Gasteiger partial charge is 0.169 e. The highest BCUT2D eigenvalue weighted by atomic mass is 16.5. The molecule has 0 N–H and O–H groups in total. The summed E-state index contributed by atoms with van der Waals surface area (Å²) in [7, 11) is 8.13. The summed E-state index contributed by atoms with van der Waals surface area (Å²) in [6.07, 6.45) is 0. The molecule has 0 fully saturated rings. The van der Waals surface area contributed by atoms with Crippen LogP contribution in [0.15, 0.2) is 30.3 Å². The van der Waals surface area contributed by atoms with Crippen molar-refractivity contribution in [1.82, 2.24) is 0 Å². The highest BCUT2D eigenvalue weighted by Gasteiger charge is 2.19. The minimum Gasteiger partial charge on any atom is -0.497 e. The second-order valence-electron chi connectivity index (χ2n) is 5.23. The Morgan fingerprint density at radius 2 is 1.29 bits per heavy atom. The fourth-order valence-corrected chi connectivity index (χ4v) is 3.03. The van der Waals surface area contributed by atoms with Crippen molar-refractivity contribution in [1.29, 1.82) is 0 Å². The fraction of sp³-hybridized carbons (Fsp3) is 0.263. The monoisotopic (exact) mass is 328 g/mol. The van der Waals surface area contributed by atoms with E-state index in [1.165, 1.54) is 0 Å². The normalized spacial score (nSPS) is 10.7. The second-order valence-corrected chi connectivity index (χ2v) is 5.23. The van der Waals surface area contributed by atoms with E-state index in [0.29, 0.717) is 23.0 Å². The maximum Gasteiger partial charge on any atom is 0.169 e. The van der Waals surface area contributed by atoms with Crippen LogP contribution >= 0.6 is 0 Å². The molecule has 0 radical (unpaired) electrons. The summed E-state index contributed by atoms with van der Waals surface area (Å²) in [4.78, 5) is 0. The van der Waals surface area contributed by atoms with Crippen molar-refractivity contribution in [3.05, 3.63) is 30.3 Å². The molecular formula is C19H20O5. The first-order chi connectivity index (χ1) is 11.7. The van der Waals surface area contributed by atoms with E-state index in [0.717, 1.165) is 27.3 Å². The average molecular weight is 328 g/mol. The number of hydrogen-bond donors (Lipinski definition) is 0. The lowest BCUT2D eigenvalue weighted by Gasteiger charge is -2.17. The zero-order chi connectivity index (χ0) is 17.3. The molecule has 5 heteroatoms. The van der Waals surface area contributed by atoms with E-state index in [4.69, 9.17) is 23.7 Å². The molecule has 3 rings (SSSR count). The molecule has 0 aromatic heterocycles. The number of methoxy groups -OCH3 is 5. The predicted octanol–water partition coefficient (Wildman–Crippen LogP) is 4.04. The first-order valence-electron chi connectivity index (χ1n) is 7.45. The van der Waals surface area contributed by atoms with E-state index < -0.39 is 0 Å². The minimum absolute atomic E-state index is 0.604. The van der Waals surface area contributed by atoms with E-state index in [1.54, 1.807) is 35.5 Å². The first-order valence-corrected chi connectivity index (χ1v) is 7.45. The van der Waals surface area contributed by atoms with Crippen molar-refractivity contribution < 1.29 is 23.7 Å². The highest BCUT2D eigenvalue weighted by molar-refractivity contribution is 6.16. The van der Waals surface area contributed by atoms with Gasteiger partial charge in [0.15, 0.2) is 11.5 Å². The summed E-state index contributed by atoms with van der Waals surface area (Å²) < 4.78 is 27.6. The summed E-state index contributed by atoms with van der Waals surface area (Å²) in [6.45, 7) is 0. The average Bonchev–Trinajstić information content (AvgIpc) is 2.64. The van der Waals surface area contributed by atoms with Crippen LogP contribution in [0.4, 0.5) is 0 Å².